The molecule has 0 bridgehead atoms. The quantitative estimate of drug-likeness (QED) is 0.924. The molecule has 0 spiro atoms. The molecule has 0 radical (unpaired) electrons. The lowest BCUT2D eigenvalue weighted by Gasteiger charge is -2.32. The molecule has 0 unspecified atom stereocenters. The third-order valence-electron chi connectivity index (χ3n) is 4.28. The van der Waals surface area contributed by atoms with E-state index in [-0.39, 0.29) is 23.8 Å². The van der Waals surface area contributed by atoms with E-state index >= 15 is 0 Å². The van der Waals surface area contributed by atoms with E-state index in [1.165, 1.54) is 17.2 Å². The molecular formula is C18H18F2N2O3. The Balaban J connectivity index is 1.68. The van der Waals surface area contributed by atoms with Gasteiger partial charge in [-0.3, -0.25) is 9.59 Å². The van der Waals surface area contributed by atoms with Crippen LogP contribution in [0.15, 0.2) is 34.9 Å². The van der Waals surface area contributed by atoms with E-state index in [4.69, 9.17) is 4.42 Å². The minimum absolute atomic E-state index is 0.0388. The zero-order valence-corrected chi connectivity index (χ0v) is 13.7. The van der Waals surface area contributed by atoms with Crippen molar-refractivity contribution in [3.63, 3.8) is 0 Å². The number of halogens is 2. The predicted molar refractivity (Wildman–Crippen MR) is 85.7 cm³/mol. The molecule has 25 heavy (non-hydrogen) atoms. The van der Waals surface area contributed by atoms with Crippen molar-refractivity contribution in [2.45, 2.75) is 32.4 Å². The smallest absolute Gasteiger partial charge is 0.287 e. The number of piperidine rings is 1. The van der Waals surface area contributed by atoms with E-state index in [1.807, 2.05) is 0 Å². The molecule has 1 aliphatic rings. The van der Waals surface area contributed by atoms with Gasteiger partial charge >= 0.3 is 0 Å². The topological polar surface area (TPSA) is 62.6 Å². The highest BCUT2D eigenvalue weighted by Crippen LogP contribution is 2.18. The zero-order valence-electron chi connectivity index (χ0n) is 13.7. The maximum atomic E-state index is 13.8. The number of carbonyl (C=O) groups excluding carboxylic acids is 2. The van der Waals surface area contributed by atoms with E-state index in [9.17, 15) is 18.4 Å². The Hall–Kier alpha value is -2.70. The SMILES string of the molecule is Cc1ccoc1C(=O)N[C@@H]1CCCN(Cc2ccc(F)cc2F)C1=O. The van der Waals surface area contributed by atoms with Crippen molar-refractivity contribution >= 4 is 11.8 Å². The second-order valence-corrected chi connectivity index (χ2v) is 6.10. The van der Waals surface area contributed by atoms with Crippen molar-refractivity contribution in [1.82, 2.24) is 10.2 Å². The normalized spacial score (nSPS) is 17.6. The standard InChI is InChI=1S/C18H18F2N2O3/c1-11-6-8-25-16(11)17(23)21-15-3-2-7-22(18(15)24)10-12-4-5-13(19)9-14(12)20/h4-6,8-9,15H,2-3,7,10H2,1H3,(H,21,23)/t15-/m1/s1. The van der Waals surface area contributed by atoms with Gasteiger partial charge in [0.05, 0.1) is 6.26 Å². The van der Waals surface area contributed by atoms with Crippen molar-refractivity contribution in [3.8, 4) is 0 Å². The summed E-state index contributed by atoms with van der Waals surface area (Å²) in [7, 11) is 0. The largest absolute Gasteiger partial charge is 0.459 e. The van der Waals surface area contributed by atoms with Gasteiger partial charge < -0.3 is 14.6 Å². The number of nitrogens with one attached hydrogen (secondary N) is 1. The number of hydrogen-bond acceptors (Lipinski definition) is 3. The molecule has 1 N–H and O–H groups in total. The number of benzene rings is 1. The van der Waals surface area contributed by atoms with Crippen molar-refractivity contribution < 1.29 is 22.8 Å². The van der Waals surface area contributed by atoms with Crippen LogP contribution in [-0.4, -0.2) is 29.3 Å². The Labute approximate surface area is 143 Å². The number of carbonyl (C=O) groups is 2. The van der Waals surface area contributed by atoms with Gasteiger partial charge in [-0.15, -0.1) is 0 Å². The number of nitrogens with zero attached hydrogens (tertiary/aromatic N) is 1. The zero-order chi connectivity index (χ0) is 18.0. The number of rotatable bonds is 4. The van der Waals surface area contributed by atoms with Gasteiger partial charge in [-0.25, -0.2) is 8.78 Å². The van der Waals surface area contributed by atoms with Crippen LogP contribution < -0.4 is 5.32 Å². The average molecular weight is 348 g/mol. The van der Waals surface area contributed by atoms with Crippen LogP contribution in [-0.2, 0) is 11.3 Å². The molecule has 1 saturated heterocycles. The maximum absolute atomic E-state index is 13.8. The van der Waals surface area contributed by atoms with Gasteiger partial charge in [0.25, 0.3) is 5.91 Å². The molecule has 1 aromatic heterocycles. The molecule has 0 saturated carbocycles. The van der Waals surface area contributed by atoms with E-state index < -0.39 is 23.6 Å². The monoisotopic (exact) mass is 348 g/mol. The average Bonchev–Trinajstić information content (AvgIpc) is 3.00. The molecule has 1 aromatic carbocycles. The number of aryl methyl sites for hydroxylation is 1. The summed E-state index contributed by atoms with van der Waals surface area (Å²) < 4.78 is 31.9. The summed E-state index contributed by atoms with van der Waals surface area (Å²) in [6.07, 6.45) is 2.60. The van der Waals surface area contributed by atoms with Crippen LogP contribution in [0.5, 0.6) is 0 Å². The van der Waals surface area contributed by atoms with Gasteiger partial charge in [-0.2, -0.15) is 0 Å². The Morgan fingerprint density at radius 3 is 2.84 bits per heavy atom. The van der Waals surface area contributed by atoms with Gasteiger partial charge in [0, 0.05) is 30.3 Å². The maximum Gasteiger partial charge on any atom is 0.287 e. The summed E-state index contributed by atoms with van der Waals surface area (Å²) in [4.78, 5) is 26.3. The summed E-state index contributed by atoms with van der Waals surface area (Å²) >= 11 is 0. The Kier molecular flexibility index (Phi) is 4.83. The minimum Gasteiger partial charge on any atom is -0.459 e. The molecule has 132 valence electrons. The second kappa shape index (κ2) is 7.04. The molecule has 2 aromatic rings. The van der Waals surface area contributed by atoms with Gasteiger partial charge in [0.15, 0.2) is 5.76 Å². The fourth-order valence-electron chi connectivity index (χ4n) is 2.92. The van der Waals surface area contributed by atoms with Crippen LogP contribution in [0.3, 0.4) is 0 Å². The Morgan fingerprint density at radius 2 is 2.16 bits per heavy atom. The molecule has 2 amide bonds. The number of furan rings is 1. The summed E-state index contributed by atoms with van der Waals surface area (Å²) in [5.74, 6) is -1.91. The first-order valence-electron chi connectivity index (χ1n) is 8.03. The van der Waals surface area contributed by atoms with Gasteiger partial charge in [-0.05, 0) is 31.9 Å². The summed E-state index contributed by atoms with van der Waals surface area (Å²) in [6, 6.07) is 4.26. The number of amides is 2. The first-order chi connectivity index (χ1) is 12.0. The molecule has 1 aliphatic heterocycles. The van der Waals surface area contributed by atoms with E-state index in [2.05, 4.69) is 5.32 Å². The number of hydrogen-bond donors (Lipinski definition) is 1. The highest BCUT2D eigenvalue weighted by molar-refractivity contribution is 5.96. The highest BCUT2D eigenvalue weighted by Gasteiger charge is 2.31. The van der Waals surface area contributed by atoms with Crippen LogP contribution in [0.1, 0.15) is 34.5 Å². The highest BCUT2D eigenvalue weighted by atomic mass is 19.1. The van der Waals surface area contributed by atoms with Gasteiger partial charge in [-0.1, -0.05) is 6.07 Å². The second-order valence-electron chi connectivity index (χ2n) is 6.10. The lowest BCUT2D eigenvalue weighted by Crippen LogP contribution is -2.52. The fourth-order valence-corrected chi connectivity index (χ4v) is 2.92. The van der Waals surface area contributed by atoms with Crippen LogP contribution >= 0.6 is 0 Å². The first-order valence-corrected chi connectivity index (χ1v) is 8.03. The fraction of sp³-hybridized carbons (Fsp3) is 0.333. The van der Waals surface area contributed by atoms with Crippen molar-refractivity contribution in [3.05, 3.63) is 59.1 Å². The molecule has 7 heteroatoms. The lowest BCUT2D eigenvalue weighted by atomic mass is 10.0. The van der Waals surface area contributed by atoms with E-state index in [0.29, 0.717) is 24.9 Å². The van der Waals surface area contributed by atoms with Crippen molar-refractivity contribution in [2.75, 3.05) is 6.54 Å². The summed E-state index contributed by atoms with van der Waals surface area (Å²) in [6.45, 7) is 2.24. The van der Waals surface area contributed by atoms with Crippen molar-refractivity contribution in [1.29, 1.82) is 0 Å². The minimum atomic E-state index is -0.690. The van der Waals surface area contributed by atoms with Crippen LogP contribution in [0.2, 0.25) is 0 Å². The van der Waals surface area contributed by atoms with Gasteiger partial charge in [0.2, 0.25) is 5.91 Å². The Bertz CT molecular complexity index is 803. The molecular weight excluding hydrogens is 330 g/mol. The Morgan fingerprint density at radius 1 is 1.36 bits per heavy atom. The molecule has 2 heterocycles. The van der Waals surface area contributed by atoms with Gasteiger partial charge in [0.1, 0.15) is 17.7 Å². The molecule has 5 nitrogen and oxygen atoms in total. The summed E-state index contributed by atoms with van der Waals surface area (Å²) in [5, 5.41) is 2.67. The molecule has 0 aliphatic carbocycles. The third kappa shape index (κ3) is 3.70. The molecule has 1 atom stereocenters. The van der Waals surface area contributed by atoms with Crippen LogP contribution in [0, 0.1) is 18.6 Å². The third-order valence-corrected chi connectivity index (χ3v) is 4.28. The summed E-state index contributed by atoms with van der Waals surface area (Å²) in [5.41, 5.74) is 0.926. The lowest BCUT2D eigenvalue weighted by molar-refractivity contribution is -0.136. The van der Waals surface area contributed by atoms with Crippen LogP contribution in [0.25, 0.3) is 0 Å². The molecule has 1 fully saturated rings. The van der Waals surface area contributed by atoms with Crippen LogP contribution in [0.4, 0.5) is 8.78 Å². The predicted octanol–water partition coefficient (Wildman–Crippen LogP) is 2.79. The van der Waals surface area contributed by atoms with Crippen molar-refractivity contribution in [2.24, 2.45) is 0 Å². The first kappa shape index (κ1) is 17.1. The number of likely N-dealkylation sites (tertiary alicyclic amines) is 1. The molecule has 3 rings (SSSR count). The van der Waals surface area contributed by atoms with E-state index in [1.54, 1.807) is 13.0 Å². The van der Waals surface area contributed by atoms with E-state index in [0.717, 1.165) is 12.1 Å².